The van der Waals surface area contributed by atoms with E-state index in [1.54, 1.807) is 10.6 Å². The third-order valence-electron chi connectivity index (χ3n) is 4.75. The molecule has 1 amide bonds. The molecule has 1 aliphatic heterocycles. The number of aromatic nitrogens is 4. The zero-order chi connectivity index (χ0) is 17.4. The maximum absolute atomic E-state index is 12.8. The van der Waals surface area contributed by atoms with Gasteiger partial charge in [-0.25, -0.2) is 9.50 Å². The lowest BCUT2D eigenvalue weighted by Gasteiger charge is -2.15. The van der Waals surface area contributed by atoms with Crippen LogP contribution in [0.5, 0.6) is 0 Å². The zero-order valence-corrected chi connectivity index (χ0v) is 14.5. The predicted molar refractivity (Wildman–Crippen MR) is 94.4 cm³/mol. The smallest absolute Gasteiger partial charge is 0.274 e. The van der Waals surface area contributed by atoms with Gasteiger partial charge in [-0.15, -0.1) is 0 Å². The highest BCUT2D eigenvalue weighted by molar-refractivity contribution is 5.93. The minimum Gasteiger partial charge on any atom is -0.337 e. The molecule has 6 heteroatoms. The number of rotatable bonds is 3. The summed E-state index contributed by atoms with van der Waals surface area (Å²) in [6, 6.07) is 9.73. The largest absolute Gasteiger partial charge is 0.337 e. The van der Waals surface area contributed by atoms with E-state index in [2.05, 4.69) is 15.1 Å². The first-order valence-corrected chi connectivity index (χ1v) is 8.63. The van der Waals surface area contributed by atoms with Crippen molar-refractivity contribution in [2.45, 2.75) is 26.7 Å². The average Bonchev–Trinajstić information content (AvgIpc) is 3.22. The number of fused-ring (bicyclic) bond motifs is 1. The first-order valence-electron chi connectivity index (χ1n) is 8.63. The van der Waals surface area contributed by atoms with E-state index in [-0.39, 0.29) is 5.91 Å². The van der Waals surface area contributed by atoms with Gasteiger partial charge in [0.25, 0.3) is 5.91 Å². The molecule has 0 aromatic carbocycles. The second-order valence-electron chi connectivity index (χ2n) is 6.77. The molecule has 3 aromatic heterocycles. The Morgan fingerprint density at radius 2 is 2.16 bits per heavy atom. The molecule has 0 saturated carbocycles. The van der Waals surface area contributed by atoms with Crippen molar-refractivity contribution >= 4 is 11.6 Å². The van der Waals surface area contributed by atoms with Gasteiger partial charge in [0.05, 0.1) is 0 Å². The van der Waals surface area contributed by atoms with E-state index in [0.717, 1.165) is 48.7 Å². The molecule has 0 aliphatic carbocycles. The zero-order valence-electron chi connectivity index (χ0n) is 14.5. The molecule has 0 N–H and O–H groups in total. The molecule has 128 valence electrons. The number of pyridine rings is 1. The Kier molecular flexibility index (Phi) is 3.95. The summed E-state index contributed by atoms with van der Waals surface area (Å²) in [6.07, 6.45) is 3.74. The van der Waals surface area contributed by atoms with Crippen molar-refractivity contribution in [3.05, 3.63) is 59.3 Å². The van der Waals surface area contributed by atoms with Gasteiger partial charge in [-0.1, -0.05) is 6.07 Å². The molecule has 0 spiro atoms. The lowest BCUT2D eigenvalue weighted by molar-refractivity contribution is 0.0781. The van der Waals surface area contributed by atoms with Gasteiger partial charge < -0.3 is 4.90 Å². The van der Waals surface area contributed by atoms with Gasteiger partial charge in [-0.05, 0) is 50.8 Å². The van der Waals surface area contributed by atoms with Crippen LogP contribution in [0, 0.1) is 19.8 Å². The molecule has 25 heavy (non-hydrogen) atoms. The Bertz CT molecular complexity index is 918. The van der Waals surface area contributed by atoms with E-state index in [1.165, 1.54) is 0 Å². The summed E-state index contributed by atoms with van der Waals surface area (Å²) in [6.45, 7) is 5.45. The molecule has 6 nitrogen and oxygen atoms in total. The highest BCUT2D eigenvalue weighted by atomic mass is 16.2. The van der Waals surface area contributed by atoms with Gasteiger partial charge in [-0.3, -0.25) is 9.78 Å². The number of hydrogen-bond acceptors (Lipinski definition) is 4. The van der Waals surface area contributed by atoms with Crippen LogP contribution in [0.25, 0.3) is 5.65 Å². The third kappa shape index (κ3) is 3.12. The van der Waals surface area contributed by atoms with Crippen LogP contribution in [0.1, 0.15) is 34.0 Å². The SMILES string of the molecule is Cc1cc(C)n2nc(C(=O)N3CCC(Cc4ccccn4)C3)cc2n1. The monoisotopic (exact) mass is 335 g/mol. The summed E-state index contributed by atoms with van der Waals surface area (Å²) < 4.78 is 1.74. The Labute approximate surface area is 146 Å². The van der Waals surface area contributed by atoms with Gasteiger partial charge in [-0.2, -0.15) is 5.10 Å². The molecule has 1 aliphatic rings. The summed E-state index contributed by atoms with van der Waals surface area (Å²) >= 11 is 0. The molecule has 4 heterocycles. The van der Waals surface area contributed by atoms with Crippen LogP contribution in [0.2, 0.25) is 0 Å². The van der Waals surface area contributed by atoms with Crippen LogP contribution >= 0.6 is 0 Å². The van der Waals surface area contributed by atoms with Crippen LogP contribution in [0.3, 0.4) is 0 Å². The second kappa shape index (κ2) is 6.27. The minimum atomic E-state index is -0.00826. The Morgan fingerprint density at radius 1 is 1.28 bits per heavy atom. The molecule has 1 atom stereocenters. The standard InChI is InChI=1S/C19H21N5O/c1-13-9-14(2)24-18(21-13)11-17(22-24)19(25)23-8-6-15(12-23)10-16-5-3-4-7-20-16/h3-5,7,9,11,15H,6,8,10,12H2,1-2H3. The van der Waals surface area contributed by atoms with Gasteiger partial charge >= 0.3 is 0 Å². The van der Waals surface area contributed by atoms with Gasteiger partial charge in [0.2, 0.25) is 0 Å². The first-order chi connectivity index (χ1) is 12.1. The van der Waals surface area contributed by atoms with Crippen molar-refractivity contribution in [2.24, 2.45) is 5.92 Å². The summed E-state index contributed by atoms with van der Waals surface area (Å²) in [5, 5.41) is 4.46. The van der Waals surface area contributed by atoms with Crippen molar-refractivity contribution in [2.75, 3.05) is 13.1 Å². The lowest BCUT2D eigenvalue weighted by atomic mass is 10.0. The third-order valence-corrected chi connectivity index (χ3v) is 4.75. The summed E-state index contributed by atoms with van der Waals surface area (Å²) in [5.74, 6) is 0.448. The number of carbonyl (C=O) groups is 1. The van der Waals surface area contributed by atoms with E-state index in [1.807, 2.05) is 49.2 Å². The minimum absolute atomic E-state index is 0.00826. The maximum atomic E-state index is 12.8. The molecule has 4 rings (SSSR count). The lowest BCUT2D eigenvalue weighted by Crippen LogP contribution is -2.29. The van der Waals surface area contributed by atoms with Crippen LogP contribution < -0.4 is 0 Å². The van der Waals surface area contributed by atoms with Gasteiger partial charge in [0.15, 0.2) is 11.3 Å². The maximum Gasteiger partial charge on any atom is 0.274 e. The molecule has 1 unspecified atom stereocenters. The van der Waals surface area contributed by atoms with E-state index in [0.29, 0.717) is 11.6 Å². The number of hydrogen-bond donors (Lipinski definition) is 0. The highest BCUT2D eigenvalue weighted by Crippen LogP contribution is 2.22. The van der Waals surface area contributed by atoms with Crippen molar-refractivity contribution < 1.29 is 4.79 Å². The Balaban J connectivity index is 1.49. The quantitative estimate of drug-likeness (QED) is 0.737. The molecule has 0 bridgehead atoms. The number of aryl methyl sites for hydroxylation is 2. The molecule has 0 radical (unpaired) electrons. The van der Waals surface area contributed by atoms with Gasteiger partial charge in [0, 0.05) is 42.4 Å². The van der Waals surface area contributed by atoms with Crippen molar-refractivity contribution in [1.82, 2.24) is 24.5 Å². The summed E-state index contributed by atoms with van der Waals surface area (Å²) in [5.41, 5.74) is 4.20. The van der Waals surface area contributed by atoms with Crippen LogP contribution in [-0.2, 0) is 6.42 Å². The Hall–Kier alpha value is -2.76. The number of amides is 1. The fourth-order valence-corrected chi connectivity index (χ4v) is 3.55. The van der Waals surface area contributed by atoms with Crippen LogP contribution in [-0.4, -0.2) is 43.5 Å². The van der Waals surface area contributed by atoms with Crippen LogP contribution in [0.15, 0.2) is 36.5 Å². The highest BCUT2D eigenvalue weighted by Gasteiger charge is 2.28. The Morgan fingerprint density at radius 3 is 2.96 bits per heavy atom. The van der Waals surface area contributed by atoms with Gasteiger partial charge in [0.1, 0.15) is 0 Å². The molecular formula is C19H21N5O. The van der Waals surface area contributed by atoms with E-state index in [9.17, 15) is 4.79 Å². The van der Waals surface area contributed by atoms with E-state index in [4.69, 9.17) is 0 Å². The number of nitrogens with zero attached hydrogens (tertiary/aromatic N) is 5. The number of carbonyl (C=O) groups excluding carboxylic acids is 1. The molecule has 1 fully saturated rings. The van der Waals surface area contributed by atoms with Crippen LogP contribution in [0.4, 0.5) is 0 Å². The fraction of sp³-hybridized carbons (Fsp3) is 0.368. The summed E-state index contributed by atoms with van der Waals surface area (Å²) in [7, 11) is 0. The fourth-order valence-electron chi connectivity index (χ4n) is 3.55. The van der Waals surface area contributed by atoms with E-state index < -0.39 is 0 Å². The predicted octanol–water partition coefficient (Wildman–Crippen LogP) is 2.45. The topological polar surface area (TPSA) is 63.4 Å². The second-order valence-corrected chi connectivity index (χ2v) is 6.77. The average molecular weight is 335 g/mol. The first kappa shape index (κ1) is 15.7. The van der Waals surface area contributed by atoms with Crippen molar-refractivity contribution in [1.29, 1.82) is 0 Å². The normalized spacial score (nSPS) is 17.4. The molecule has 3 aromatic rings. The van der Waals surface area contributed by atoms with Crippen molar-refractivity contribution in [3.63, 3.8) is 0 Å². The van der Waals surface area contributed by atoms with Crippen molar-refractivity contribution in [3.8, 4) is 0 Å². The molecule has 1 saturated heterocycles. The molecular weight excluding hydrogens is 314 g/mol. The summed E-state index contributed by atoms with van der Waals surface area (Å²) in [4.78, 5) is 23.6. The number of likely N-dealkylation sites (tertiary alicyclic amines) is 1. The van der Waals surface area contributed by atoms with E-state index >= 15 is 0 Å².